The first-order valence-corrected chi connectivity index (χ1v) is 8.99. The minimum absolute atomic E-state index is 0.157. The van der Waals surface area contributed by atoms with E-state index in [0.717, 1.165) is 22.4 Å². The number of nitroso groups, excluding NO2 is 1. The van der Waals surface area contributed by atoms with E-state index in [0.29, 0.717) is 0 Å². The van der Waals surface area contributed by atoms with Crippen LogP contribution in [0.2, 0.25) is 0 Å². The molecule has 0 amide bonds. The molecule has 0 atom stereocenters. The third kappa shape index (κ3) is 3.08. The number of hydrogen-bond acceptors (Lipinski definition) is 3. The van der Waals surface area contributed by atoms with E-state index in [4.69, 9.17) is 5.73 Å². The van der Waals surface area contributed by atoms with Gasteiger partial charge >= 0.3 is 0 Å². The molecule has 2 aromatic carbocycles. The summed E-state index contributed by atoms with van der Waals surface area (Å²) in [6, 6.07) is 10.4. The summed E-state index contributed by atoms with van der Waals surface area (Å²) in [5.74, 6) is 0. The Morgan fingerprint density at radius 1 is 0.960 bits per heavy atom. The smallest absolute Gasteiger partial charge is 0.106 e. The lowest BCUT2D eigenvalue weighted by atomic mass is 9.62. The van der Waals surface area contributed by atoms with Gasteiger partial charge in [0.05, 0.1) is 0 Å². The lowest BCUT2D eigenvalue weighted by Gasteiger charge is -2.42. The van der Waals surface area contributed by atoms with Crippen LogP contribution in [0.3, 0.4) is 0 Å². The molecular weight excluding hydrogens is 308 g/mol. The van der Waals surface area contributed by atoms with Crippen molar-refractivity contribution in [1.29, 1.82) is 0 Å². The summed E-state index contributed by atoms with van der Waals surface area (Å²) in [7, 11) is 0. The topological polar surface area (TPSA) is 55.5 Å². The molecule has 2 aromatic rings. The molecule has 0 unspecified atom stereocenters. The van der Waals surface area contributed by atoms with E-state index in [9.17, 15) is 4.91 Å². The number of nitrogens with two attached hydrogens (primary N) is 1. The van der Waals surface area contributed by atoms with Crippen molar-refractivity contribution >= 4 is 5.69 Å². The number of nitrogen functional groups attached to an aromatic ring is 1. The minimum Gasteiger partial charge on any atom is -0.398 e. The number of anilines is 1. The molecule has 1 aliphatic carbocycles. The Hall–Kier alpha value is -2.16. The molecule has 3 rings (SSSR count). The van der Waals surface area contributed by atoms with Crippen molar-refractivity contribution in [3.63, 3.8) is 0 Å². The number of fused-ring (bicyclic) bond motifs is 1. The van der Waals surface area contributed by atoms with Gasteiger partial charge in [-0.25, -0.2) is 0 Å². The van der Waals surface area contributed by atoms with Gasteiger partial charge in [0.1, 0.15) is 6.54 Å². The molecule has 0 heterocycles. The summed E-state index contributed by atoms with van der Waals surface area (Å²) in [5.41, 5.74) is 14.5. The average molecular weight is 336 g/mol. The molecule has 132 valence electrons. The molecule has 0 bridgehead atoms. The number of benzene rings is 2. The van der Waals surface area contributed by atoms with Gasteiger partial charge < -0.3 is 5.73 Å². The third-order valence-electron chi connectivity index (χ3n) is 5.85. The molecule has 0 aliphatic heterocycles. The van der Waals surface area contributed by atoms with Gasteiger partial charge in [-0.2, -0.15) is 4.91 Å². The summed E-state index contributed by atoms with van der Waals surface area (Å²) < 4.78 is 0. The van der Waals surface area contributed by atoms with Gasteiger partial charge in [-0.05, 0) is 76.6 Å². The largest absolute Gasteiger partial charge is 0.398 e. The molecule has 0 saturated carbocycles. The zero-order valence-electron chi connectivity index (χ0n) is 15.9. The molecule has 3 heteroatoms. The monoisotopic (exact) mass is 336 g/mol. The Morgan fingerprint density at radius 3 is 2.16 bits per heavy atom. The molecule has 0 spiro atoms. The summed E-state index contributed by atoms with van der Waals surface area (Å²) in [6.45, 7) is 11.7. The van der Waals surface area contributed by atoms with E-state index in [2.05, 4.69) is 51.9 Å². The van der Waals surface area contributed by atoms with Crippen molar-refractivity contribution in [1.82, 2.24) is 0 Å². The summed E-state index contributed by atoms with van der Waals surface area (Å²) in [4.78, 5) is 10.6. The van der Waals surface area contributed by atoms with Crippen LogP contribution in [0, 0.1) is 11.8 Å². The van der Waals surface area contributed by atoms with Gasteiger partial charge in [0.25, 0.3) is 0 Å². The number of nitrogens with zero attached hydrogens (tertiary/aromatic N) is 1. The number of hydrogen-bond donors (Lipinski definition) is 1. The van der Waals surface area contributed by atoms with Crippen LogP contribution in [0.4, 0.5) is 5.69 Å². The molecule has 3 nitrogen and oxygen atoms in total. The van der Waals surface area contributed by atoms with E-state index >= 15 is 0 Å². The zero-order valence-corrected chi connectivity index (χ0v) is 15.9. The van der Waals surface area contributed by atoms with Gasteiger partial charge in [0.2, 0.25) is 0 Å². The molecule has 25 heavy (non-hydrogen) atoms. The fraction of sp³-hybridized carbons (Fsp3) is 0.455. The normalized spacial score (nSPS) is 17.8. The fourth-order valence-corrected chi connectivity index (χ4v) is 4.02. The third-order valence-corrected chi connectivity index (χ3v) is 5.85. The maximum Gasteiger partial charge on any atom is 0.106 e. The second-order valence-electron chi connectivity index (χ2n) is 8.69. The van der Waals surface area contributed by atoms with E-state index in [-0.39, 0.29) is 17.4 Å². The maximum absolute atomic E-state index is 10.6. The lowest BCUT2D eigenvalue weighted by molar-refractivity contribution is 0.332. The van der Waals surface area contributed by atoms with Crippen LogP contribution in [0.15, 0.2) is 35.5 Å². The van der Waals surface area contributed by atoms with Crippen molar-refractivity contribution in [2.24, 2.45) is 5.18 Å². The van der Waals surface area contributed by atoms with Crippen LogP contribution in [0.5, 0.6) is 0 Å². The number of rotatable bonds is 3. The van der Waals surface area contributed by atoms with Gasteiger partial charge in [-0.1, -0.05) is 45.0 Å². The predicted molar refractivity (Wildman–Crippen MR) is 106 cm³/mol. The van der Waals surface area contributed by atoms with E-state index < -0.39 is 0 Å². The highest BCUT2D eigenvalue weighted by Gasteiger charge is 2.37. The first-order valence-electron chi connectivity index (χ1n) is 8.99. The molecule has 1 aliphatic rings. The van der Waals surface area contributed by atoms with Gasteiger partial charge in [-0.15, -0.1) is 0 Å². The van der Waals surface area contributed by atoms with E-state index in [1.54, 1.807) is 0 Å². The summed E-state index contributed by atoms with van der Waals surface area (Å²) in [6.07, 6.45) is 2.38. The molecule has 2 N–H and O–H groups in total. The Kier molecular flexibility index (Phi) is 4.22. The SMILES string of the molecule is Cc1cc2c(cc1-c1cc(CN=O)ccc1N)C(C)(C)CCC2(C)C. The molecular formula is C22H28N2O. The van der Waals surface area contributed by atoms with Gasteiger partial charge in [0.15, 0.2) is 0 Å². The summed E-state index contributed by atoms with van der Waals surface area (Å²) >= 11 is 0. The van der Waals surface area contributed by atoms with Crippen molar-refractivity contribution in [3.8, 4) is 11.1 Å². The zero-order chi connectivity index (χ0) is 18.4. The maximum atomic E-state index is 10.6. The van der Waals surface area contributed by atoms with Gasteiger partial charge in [-0.3, -0.25) is 0 Å². The van der Waals surface area contributed by atoms with E-state index in [1.807, 2.05) is 18.2 Å². The van der Waals surface area contributed by atoms with Crippen LogP contribution < -0.4 is 5.73 Å². The first kappa shape index (κ1) is 17.7. The van der Waals surface area contributed by atoms with Crippen LogP contribution in [0.25, 0.3) is 11.1 Å². The number of aryl methyl sites for hydroxylation is 1. The predicted octanol–water partition coefficient (Wildman–Crippen LogP) is 5.86. The quantitative estimate of drug-likeness (QED) is 0.564. The fourth-order valence-electron chi connectivity index (χ4n) is 4.02. The van der Waals surface area contributed by atoms with Crippen molar-refractivity contribution in [2.75, 3.05) is 5.73 Å². The highest BCUT2D eigenvalue weighted by molar-refractivity contribution is 5.80. The van der Waals surface area contributed by atoms with E-state index in [1.165, 1.54) is 29.5 Å². The van der Waals surface area contributed by atoms with Crippen LogP contribution >= 0.6 is 0 Å². The van der Waals surface area contributed by atoms with Crippen LogP contribution in [-0.2, 0) is 17.4 Å². The Bertz CT molecular complexity index is 834. The van der Waals surface area contributed by atoms with Gasteiger partial charge in [0, 0.05) is 11.3 Å². The molecule has 0 saturated heterocycles. The molecule has 0 aromatic heterocycles. The van der Waals surface area contributed by atoms with Crippen LogP contribution in [0.1, 0.15) is 62.8 Å². The first-order chi connectivity index (χ1) is 11.7. The summed E-state index contributed by atoms with van der Waals surface area (Å²) in [5, 5.41) is 3.01. The molecule has 0 radical (unpaired) electrons. The minimum atomic E-state index is 0.157. The van der Waals surface area contributed by atoms with Crippen molar-refractivity contribution in [2.45, 2.75) is 64.8 Å². The van der Waals surface area contributed by atoms with Crippen LogP contribution in [-0.4, -0.2) is 0 Å². The Balaban J connectivity index is 2.23. The highest BCUT2D eigenvalue weighted by Crippen LogP contribution is 2.48. The highest BCUT2D eigenvalue weighted by atomic mass is 16.3. The standard InChI is InChI=1S/C22H28N2O/c1-14-10-18-19(22(4,5)9-8-21(18,2)3)12-16(14)17-11-15(13-24-25)6-7-20(17)23/h6-7,10-12H,8-9,13,23H2,1-5H3. The van der Waals surface area contributed by atoms with Crippen molar-refractivity contribution < 1.29 is 0 Å². The second kappa shape index (κ2) is 5.98. The van der Waals surface area contributed by atoms with Crippen molar-refractivity contribution in [3.05, 3.63) is 57.5 Å². The average Bonchev–Trinajstić information content (AvgIpc) is 2.54. The second-order valence-corrected chi connectivity index (χ2v) is 8.69. The molecule has 0 fully saturated rings. The lowest BCUT2D eigenvalue weighted by Crippen LogP contribution is -2.34. The Morgan fingerprint density at radius 2 is 1.56 bits per heavy atom. The Labute approximate surface area is 150 Å².